The van der Waals surface area contributed by atoms with E-state index in [1.54, 1.807) is 11.3 Å². The summed E-state index contributed by atoms with van der Waals surface area (Å²) in [7, 11) is 0. The first-order chi connectivity index (χ1) is 18.5. The van der Waals surface area contributed by atoms with Gasteiger partial charge in [-0.05, 0) is 40.7 Å². The highest BCUT2D eigenvalue weighted by Crippen LogP contribution is 2.28. The van der Waals surface area contributed by atoms with Crippen LogP contribution in [0.5, 0.6) is 0 Å². The van der Waals surface area contributed by atoms with Crippen LogP contribution in [0.3, 0.4) is 0 Å². The molecule has 1 saturated heterocycles. The average Bonchev–Trinajstić information content (AvgIpc) is 3.50. The number of β-amino-alcohol motifs (C(OH)–C–C–N with tert-alkyl or cyclic N) is 1. The Kier molecular flexibility index (Phi) is 11.7. The zero-order valence-electron chi connectivity index (χ0n) is 23.0. The first-order valence-electron chi connectivity index (χ1n) is 13.2. The van der Waals surface area contributed by atoms with Crippen molar-refractivity contribution in [1.82, 2.24) is 20.5 Å². The third-order valence-corrected chi connectivity index (χ3v) is 8.36. The molecule has 1 aromatic heterocycles. The fourth-order valence-electron chi connectivity index (χ4n) is 4.45. The number of carbonyl (C=O) groups is 3. The lowest BCUT2D eigenvalue weighted by Crippen LogP contribution is -2.58. The Hall–Kier alpha value is -2.09. The SMILES string of the molecule is Cc1ncsc1-c1ccc(CNC(=O)[C@H]2C[C@@H](O)CN2C(=O)[C@H](NC(=O)COCCCCI)C(C)(C)C)cc1. The molecule has 0 aliphatic carbocycles. The van der Waals surface area contributed by atoms with E-state index in [-0.39, 0.29) is 37.3 Å². The third kappa shape index (κ3) is 8.95. The molecule has 0 bridgehead atoms. The number of carbonyl (C=O) groups excluding carboxylic acids is 3. The minimum Gasteiger partial charge on any atom is -0.391 e. The van der Waals surface area contributed by atoms with Gasteiger partial charge in [-0.1, -0.05) is 67.6 Å². The molecule has 1 aliphatic rings. The second-order valence-corrected chi connectivity index (χ2v) is 12.8. The van der Waals surface area contributed by atoms with Crippen molar-refractivity contribution in [2.24, 2.45) is 5.41 Å². The summed E-state index contributed by atoms with van der Waals surface area (Å²) in [5.41, 5.74) is 4.18. The molecule has 3 atom stereocenters. The zero-order valence-corrected chi connectivity index (χ0v) is 26.0. The Morgan fingerprint density at radius 1 is 1.23 bits per heavy atom. The zero-order chi connectivity index (χ0) is 28.6. The molecule has 0 saturated carbocycles. The van der Waals surface area contributed by atoms with Crippen LogP contribution in [0, 0.1) is 12.3 Å². The van der Waals surface area contributed by atoms with Crippen molar-refractivity contribution >= 4 is 51.6 Å². The summed E-state index contributed by atoms with van der Waals surface area (Å²) in [6.45, 7) is 8.23. The fraction of sp³-hybridized carbons (Fsp3) is 0.571. The average molecular weight is 671 g/mol. The molecule has 1 aliphatic heterocycles. The highest BCUT2D eigenvalue weighted by molar-refractivity contribution is 14.1. The van der Waals surface area contributed by atoms with Crippen LogP contribution in [0.15, 0.2) is 29.8 Å². The molecule has 1 fully saturated rings. The molecule has 9 nitrogen and oxygen atoms in total. The van der Waals surface area contributed by atoms with Gasteiger partial charge >= 0.3 is 0 Å². The van der Waals surface area contributed by atoms with E-state index in [9.17, 15) is 19.5 Å². The first-order valence-corrected chi connectivity index (χ1v) is 15.6. The number of hydrogen-bond acceptors (Lipinski definition) is 7. The molecular weight excluding hydrogens is 631 g/mol. The van der Waals surface area contributed by atoms with Gasteiger partial charge in [0.2, 0.25) is 17.7 Å². The molecule has 2 aromatic rings. The van der Waals surface area contributed by atoms with E-state index in [0.29, 0.717) is 13.2 Å². The molecule has 3 N–H and O–H groups in total. The molecule has 214 valence electrons. The van der Waals surface area contributed by atoms with Gasteiger partial charge in [-0.2, -0.15) is 0 Å². The summed E-state index contributed by atoms with van der Waals surface area (Å²) in [5, 5.41) is 16.1. The van der Waals surface area contributed by atoms with E-state index in [1.165, 1.54) is 4.90 Å². The van der Waals surface area contributed by atoms with Crippen LogP contribution < -0.4 is 10.6 Å². The first kappa shape index (κ1) is 31.4. The Bertz CT molecular complexity index is 1120. The summed E-state index contributed by atoms with van der Waals surface area (Å²) in [6, 6.07) is 6.22. The van der Waals surface area contributed by atoms with Crippen LogP contribution in [0.2, 0.25) is 0 Å². The van der Waals surface area contributed by atoms with Gasteiger partial charge in [0.25, 0.3) is 0 Å². The molecule has 2 heterocycles. The second-order valence-electron chi connectivity index (χ2n) is 10.9. The predicted molar refractivity (Wildman–Crippen MR) is 161 cm³/mol. The minimum absolute atomic E-state index is 0.0368. The number of hydrogen-bond donors (Lipinski definition) is 3. The fourth-order valence-corrected chi connectivity index (χ4v) is 5.80. The number of aryl methyl sites for hydroxylation is 1. The Morgan fingerprint density at radius 3 is 2.56 bits per heavy atom. The highest BCUT2D eigenvalue weighted by atomic mass is 127. The van der Waals surface area contributed by atoms with Crippen molar-refractivity contribution in [2.75, 3.05) is 24.2 Å². The van der Waals surface area contributed by atoms with Gasteiger partial charge in [-0.3, -0.25) is 14.4 Å². The Balaban J connectivity index is 1.61. The molecule has 11 heteroatoms. The Morgan fingerprint density at radius 2 is 1.95 bits per heavy atom. The lowest BCUT2D eigenvalue weighted by molar-refractivity contribution is -0.144. The largest absolute Gasteiger partial charge is 0.391 e. The number of aliphatic hydroxyl groups is 1. The number of ether oxygens (including phenoxy) is 1. The van der Waals surface area contributed by atoms with Gasteiger partial charge in [0, 0.05) is 26.1 Å². The van der Waals surface area contributed by atoms with E-state index in [4.69, 9.17) is 4.74 Å². The van der Waals surface area contributed by atoms with E-state index < -0.39 is 23.6 Å². The number of benzene rings is 1. The van der Waals surface area contributed by atoms with Gasteiger partial charge in [0.1, 0.15) is 18.7 Å². The monoisotopic (exact) mass is 670 g/mol. The number of nitrogens with one attached hydrogen (secondary N) is 2. The van der Waals surface area contributed by atoms with E-state index in [0.717, 1.165) is 39.0 Å². The molecule has 3 rings (SSSR count). The van der Waals surface area contributed by atoms with Crippen molar-refractivity contribution in [1.29, 1.82) is 0 Å². The molecular formula is C28H39IN4O5S. The number of aliphatic hydroxyl groups excluding tert-OH is 1. The number of nitrogens with zero attached hydrogens (tertiary/aromatic N) is 2. The van der Waals surface area contributed by atoms with Crippen LogP contribution in [0.1, 0.15) is 51.3 Å². The number of rotatable bonds is 12. The van der Waals surface area contributed by atoms with Gasteiger partial charge in [-0.25, -0.2) is 4.98 Å². The van der Waals surface area contributed by atoms with Crippen molar-refractivity contribution in [2.45, 2.75) is 71.7 Å². The normalized spacial score (nSPS) is 18.2. The number of unbranched alkanes of at least 4 members (excludes halogenated alkanes) is 1. The van der Waals surface area contributed by atoms with Crippen molar-refractivity contribution in [3.05, 3.63) is 41.0 Å². The molecule has 0 spiro atoms. The maximum absolute atomic E-state index is 13.6. The molecule has 3 amide bonds. The van der Waals surface area contributed by atoms with E-state index in [2.05, 4.69) is 38.2 Å². The number of likely N-dealkylation sites (tertiary alicyclic amines) is 1. The number of aromatic nitrogens is 1. The maximum atomic E-state index is 13.6. The Labute approximate surface area is 248 Å². The topological polar surface area (TPSA) is 121 Å². The number of amides is 3. The lowest BCUT2D eigenvalue weighted by Gasteiger charge is -2.35. The molecule has 1 aromatic carbocycles. The van der Waals surface area contributed by atoms with Crippen molar-refractivity contribution < 1.29 is 24.2 Å². The van der Waals surface area contributed by atoms with Gasteiger partial charge in [0.15, 0.2) is 0 Å². The summed E-state index contributed by atoms with van der Waals surface area (Å²) in [6.07, 6.45) is 1.22. The quantitative estimate of drug-likeness (QED) is 0.181. The standard InChI is InChI=1S/C28H39IN4O5S/c1-18-24(39-17-31-18)20-9-7-19(8-10-20)14-30-26(36)22-13-21(34)15-33(22)27(37)25(28(2,3)4)32-23(35)16-38-12-6-5-11-29/h7-10,17,21-22,25,34H,5-6,11-16H2,1-4H3,(H,30,36)(H,32,35)/t21-,22-,25+/m1/s1. The number of halogens is 1. The second kappa shape index (κ2) is 14.5. The molecule has 0 unspecified atom stereocenters. The summed E-state index contributed by atoms with van der Waals surface area (Å²) in [5.74, 6) is -1.10. The predicted octanol–water partition coefficient (Wildman–Crippen LogP) is 3.46. The summed E-state index contributed by atoms with van der Waals surface area (Å²) in [4.78, 5) is 46.2. The highest BCUT2D eigenvalue weighted by Gasteiger charge is 2.44. The van der Waals surface area contributed by atoms with E-state index in [1.807, 2.05) is 57.5 Å². The summed E-state index contributed by atoms with van der Waals surface area (Å²) < 4.78 is 6.49. The third-order valence-electron chi connectivity index (χ3n) is 6.62. The molecule has 39 heavy (non-hydrogen) atoms. The van der Waals surface area contributed by atoms with Crippen LogP contribution in [-0.2, 0) is 25.7 Å². The van der Waals surface area contributed by atoms with Gasteiger partial charge in [-0.15, -0.1) is 11.3 Å². The van der Waals surface area contributed by atoms with Crippen molar-refractivity contribution in [3.8, 4) is 10.4 Å². The van der Waals surface area contributed by atoms with Gasteiger partial charge < -0.3 is 25.4 Å². The summed E-state index contributed by atoms with van der Waals surface area (Å²) >= 11 is 3.88. The van der Waals surface area contributed by atoms with Crippen LogP contribution in [0.4, 0.5) is 0 Å². The maximum Gasteiger partial charge on any atom is 0.246 e. The lowest BCUT2D eigenvalue weighted by atomic mass is 9.85. The molecule has 0 radical (unpaired) electrons. The number of alkyl halides is 1. The minimum atomic E-state index is -0.869. The van der Waals surface area contributed by atoms with E-state index >= 15 is 0 Å². The van der Waals surface area contributed by atoms with Crippen molar-refractivity contribution in [3.63, 3.8) is 0 Å². The van der Waals surface area contributed by atoms with Crippen LogP contribution in [-0.4, -0.2) is 75.1 Å². The number of thiazole rings is 1. The smallest absolute Gasteiger partial charge is 0.246 e. The van der Waals surface area contributed by atoms with Crippen LogP contribution >= 0.6 is 33.9 Å². The van der Waals surface area contributed by atoms with Gasteiger partial charge in [0.05, 0.1) is 22.2 Å². The van der Waals surface area contributed by atoms with Crippen LogP contribution in [0.25, 0.3) is 10.4 Å².